The summed E-state index contributed by atoms with van der Waals surface area (Å²) >= 11 is 0. The maximum atomic E-state index is 11.5. The Morgan fingerprint density at radius 2 is 2.29 bits per heavy atom. The lowest BCUT2D eigenvalue weighted by atomic mass is 10.1. The van der Waals surface area contributed by atoms with Crippen LogP contribution in [-0.4, -0.2) is 26.7 Å². The number of carbonyl (C=O) groups excluding carboxylic acids is 1. The van der Waals surface area contributed by atoms with E-state index in [9.17, 15) is 4.79 Å². The Morgan fingerprint density at radius 3 is 2.88 bits per heavy atom. The highest BCUT2D eigenvalue weighted by Gasteiger charge is 2.12. The Labute approximate surface area is 100 Å². The van der Waals surface area contributed by atoms with Crippen LogP contribution in [0.15, 0.2) is 18.2 Å². The molecule has 0 atom stereocenters. The Balaban J connectivity index is 2.96. The second-order valence-corrected chi connectivity index (χ2v) is 3.59. The monoisotopic (exact) mass is 233 g/mol. The summed E-state index contributed by atoms with van der Waals surface area (Å²) in [4.78, 5) is 13.3. The van der Waals surface area contributed by atoms with Crippen molar-refractivity contribution < 1.29 is 9.53 Å². The third-order valence-corrected chi connectivity index (χ3v) is 2.44. The number of hydrogen-bond acceptors (Lipinski definition) is 5. The van der Waals surface area contributed by atoms with E-state index in [0.29, 0.717) is 24.2 Å². The van der Waals surface area contributed by atoms with E-state index in [1.165, 1.54) is 7.11 Å². The van der Waals surface area contributed by atoms with Gasteiger partial charge in [0.2, 0.25) is 0 Å². The van der Waals surface area contributed by atoms with Gasteiger partial charge >= 0.3 is 5.97 Å². The minimum absolute atomic E-state index is 0.341. The molecular formula is C12H15N3O2. The van der Waals surface area contributed by atoms with Crippen LogP contribution in [0.25, 0.3) is 0 Å². The zero-order valence-electron chi connectivity index (χ0n) is 9.93. The maximum absolute atomic E-state index is 11.5. The number of rotatable bonds is 4. The fraction of sp³-hybridized carbons (Fsp3) is 0.333. The molecule has 17 heavy (non-hydrogen) atoms. The zero-order valence-corrected chi connectivity index (χ0v) is 9.93. The van der Waals surface area contributed by atoms with Gasteiger partial charge in [0.25, 0.3) is 0 Å². The van der Waals surface area contributed by atoms with E-state index in [2.05, 4.69) is 10.8 Å². The van der Waals surface area contributed by atoms with Crippen LogP contribution in [0.4, 0.5) is 11.4 Å². The molecule has 0 amide bonds. The summed E-state index contributed by atoms with van der Waals surface area (Å²) in [7, 11) is 3.16. The normalized spacial score (nSPS) is 9.47. The number of esters is 1. The molecule has 0 saturated carbocycles. The Morgan fingerprint density at radius 1 is 1.59 bits per heavy atom. The van der Waals surface area contributed by atoms with E-state index < -0.39 is 5.97 Å². The minimum Gasteiger partial charge on any atom is -0.465 e. The average molecular weight is 233 g/mol. The van der Waals surface area contributed by atoms with Crippen molar-refractivity contribution in [1.82, 2.24) is 0 Å². The first-order chi connectivity index (χ1) is 8.10. The molecule has 1 aromatic carbocycles. The van der Waals surface area contributed by atoms with Crippen LogP contribution in [0.2, 0.25) is 0 Å². The Bertz CT molecular complexity index is 452. The van der Waals surface area contributed by atoms with Gasteiger partial charge in [0.15, 0.2) is 0 Å². The summed E-state index contributed by atoms with van der Waals surface area (Å²) in [5.41, 5.74) is 7.25. The summed E-state index contributed by atoms with van der Waals surface area (Å²) in [5.74, 6) is -0.460. The maximum Gasteiger partial charge on any atom is 0.340 e. The molecule has 1 aromatic rings. The molecule has 5 nitrogen and oxygen atoms in total. The van der Waals surface area contributed by atoms with Gasteiger partial charge in [-0.05, 0) is 18.2 Å². The molecule has 0 aliphatic rings. The van der Waals surface area contributed by atoms with Crippen LogP contribution in [0, 0.1) is 11.3 Å². The smallest absolute Gasteiger partial charge is 0.340 e. The predicted molar refractivity (Wildman–Crippen MR) is 65.7 cm³/mol. The molecular weight excluding hydrogens is 218 g/mol. The van der Waals surface area contributed by atoms with Crippen LogP contribution in [0.1, 0.15) is 16.8 Å². The van der Waals surface area contributed by atoms with Crippen LogP contribution >= 0.6 is 0 Å². The van der Waals surface area contributed by atoms with Gasteiger partial charge in [0.1, 0.15) is 0 Å². The summed E-state index contributed by atoms with van der Waals surface area (Å²) in [5, 5.41) is 8.52. The number of nitrogen functional groups attached to an aromatic ring is 1. The average Bonchev–Trinajstić information content (AvgIpc) is 2.35. The fourth-order valence-electron chi connectivity index (χ4n) is 1.42. The highest BCUT2D eigenvalue weighted by molar-refractivity contribution is 5.96. The van der Waals surface area contributed by atoms with E-state index in [-0.39, 0.29) is 0 Å². The molecule has 0 aromatic heterocycles. The summed E-state index contributed by atoms with van der Waals surface area (Å²) in [6.45, 7) is 0.598. The summed E-state index contributed by atoms with van der Waals surface area (Å²) in [6, 6.07) is 7.20. The van der Waals surface area contributed by atoms with Gasteiger partial charge in [0.05, 0.1) is 25.2 Å². The van der Waals surface area contributed by atoms with Crippen molar-refractivity contribution >= 4 is 17.3 Å². The third-order valence-electron chi connectivity index (χ3n) is 2.44. The second kappa shape index (κ2) is 5.75. The Kier molecular flexibility index (Phi) is 4.35. The summed E-state index contributed by atoms with van der Waals surface area (Å²) in [6.07, 6.45) is 0.425. The third kappa shape index (κ3) is 3.11. The molecule has 0 fully saturated rings. The van der Waals surface area contributed by atoms with Crippen LogP contribution in [0.5, 0.6) is 0 Å². The van der Waals surface area contributed by atoms with E-state index >= 15 is 0 Å². The molecule has 0 saturated heterocycles. The predicted octanol–water partition coefficient (Wildman–Crippen LogP) is 1.41. The molecule has 2 N–H and O–H groups in total. The van der Waals surface area contributed by atoms with Gasteiger partial charge in [-0.25, -0.2) is 4.79 Å². The number of anilines is 2. The number of carbonyl (C=O) groups is 1. The van der Waals surface area contributed by atoms with E-state index in [4.69, 9.17) is 11.0 Å². The first-order valence-electron chi connectivity index (χ1n) is 5.16. The van der Waals surface area contributed by atoms with E-state index in [1.54, 1.807) is 18.2 Å². The molecule has 1 rings (SSSR count). The lowest BCUT2D eigenvalue weighted by molar-refractivity contribution is 0.0602. The van der Waals surface area contributed by atoms with Crippen molar-refractivity contribution in [2.75, 3.05) is 31.3 Å². The van der Waals surface area contributed by atoms with Gasteiger partial charge in [-0.3, -0.25) is 0 Å². The van der Waals surface area contributed by atoms with Crippen molar-refractivity contribution in [3.8, 4) is 6.07 Å². The highest BCUT2D eigenvalue weighted by atomic mass is 16.5. The van der Waals surface area contributed by atoms with E-state index in [1.807, 2.05) is 11.9 Å². The van der Waals surface area contributed by atoms with Gasteiger partial charge in [-0.2, -0.15) is 5.26 Å². The number of ether oxygens (including phenoxy) is 1. The number of nitrogens with two attached hydrogens (primary N) is 1. The quantitative estimate of drug-likeness (QED) is 0.628. The zero-order chi connectivity index (χ0) is 12.8. The van der Waals surface area contributed by atoms with Gasteiger partial charge in [0, 0.05) is 25.0 Å². The standard InChI is InChI=1S/C12H15N3O2/c1-15(7-3-6-13)9-4-5-11(14)10(8-9)12(16)17-2/h4-5,8H,3,7,14H2,1-2H3. The number of nitrogens with zero attached hydrogens (tertiary/aromatic N) is 2. The number of nitriles is 1. The van der Waals surface area contributed by atoms with E-state index in [0.717, 1.165) is 5.69 Å². The molecule has 5 heteroatoms. The molecule has 0 aliphatic heterocycles. The molecule has 0 heterocycles. The second-order valence-electron chi connectivity index (χ2n) is 3.59. The van der Waals surface area contributed by atoms with Crippen molar-refractivity contribution in [3.63, 3.8) is 0 Å². The van der Waals surface area contributed by atoms with Crippen LogP contribution < -0.4 is 10.6 Å². The lowest BCUT2D eigenvalue weighted by Gasteiger charge is -2.18. The topological polar surface area (TPSA) is 79.3 Å². The number of methoxy groups -OCH3 is 1. The van der Waals surface area contributed by atoms with Crippen molar-refractivity contribution in [2.45, 2.75) is 6.42 Å². The van der Waals surface area contributed by atoms with Gasteiger partial charge in [-0.1, -0.05) is 0 Å². The Hall–Kier alpha value is -2.22. The lowest BCUT2D eigenvalue weighted by Crippen LogP contribution is -2.19. The molecule has 0 bridgehead atoms. The highest BCUT2D eigenvalue weighted by Crippen LogP contribution is 2.21. The first kappa shape index (κ1) is 12.8. The van der Waals surface area contributed by atoms with Crippen LogP contribution in [0.3, 0.4) is 0 Å². The van der Waals surface area contributed by atoms with Gasteiger partial charge in [-0.15, -0.1) is 0 Å². The molecule has 90 valence electrons. The minimum atomic E-state index is -0.460. The molecule has 0 spiro atoms. The van der Waals surface area contributed by atoms with Gasteiger partial charge < -0.3 is 15.4 Å². The van der Waals surface area contributed by atoms with Crippen LogP contribution in [-0.2, 0) is 4.74 Å². The number of benzene rings is 1. The molecule has 0 aliphatic carbocycles. The largest absolute Gasteiger partial charge is 0.465 e. The first-order valence-corrected chi connectivity index (χ1v) is 5.16. The van der Waals surface area contributed by atoms with Crippen molar-refractivity contribution in [3.05, 3.63) is 23.8 Å². The molecule has 0 radical (unpaired) electrons. The SMILES string of the molecule is COC(=O)c1cc(N(C)CCC#N)ccc1N. The van der Waals surface area contributed by atoms with Crippen molar-refractivity contribution in [2.24, 2.45) is 0 Å². The molecule has 0 unspecified atom stereocenters. The van der Waals surface area contributed by atoms with Crippen molar-refractivity contribution in [1.29, 1.82) is 5.26 Å². The fourth-order valence-corrected chi connectivity index (χ4v) is 1.42. The number of hydrogen-bond donors (Lipinski definition) is 1. The summed E-state index contributed by atoms with van der Waals surface area (Å²) < 4.78 is 4.64.